The number of benzene rings is 2. The number of carbonyl (C=O) groups excluding carboxylic acids is 1. The summed E-state index contributed by atoms with van der Waals surface area (Å²) < 4.78 is 1.10. The molecule has 0 radical (unpaired) electrons. The molecular weight excluding hydrogens is 451 g/mol. The largest absolute Gasteiger partial charge is 0.389 e. The summed E-state index contributed by atoms with van der Waals surface area (Å²) >= 11 is 2.22. The fourth-order valence-corrected chi connectivity index (χ4v) is 3.47. The van der Waals surface area contributed by atoms with Crippen LogP contribution in [0.2, 0.25) is 0 Å². The molecule has 1 heterocycles. The van der Waals surface area contributed by atoms with Crippen molar-refractivity contribution < 1.29 is 4.79 Å². The van der Waals surface area contributed by atoms with E-state index in [0.717, 1.165) is 21.1 Å². The van der Waals surface area contributed by atoms with Crippen molar-refractivity contribution in [2.24, 2.45) is 0 Å². The summed E-state index contributed by atoms with van der Waals surface area (Å²) in [6.45, 7) is 2.55. The minimum atomic E-state index is -0.415. The summed E-state index contributed by atoms with van der Waals surface area (Å²) in [5, 5.41) is 16.3. The Labute approximate surface area is 171 Å². The van der Waals surface area contributed by atoms with E-state index >= 15 is 0 Å². The highest BCUT2D eigenvalue weighted by Gasteiger charge is 2.11. The first kappa shape index (κ1) is 19.0. The molecule has 136 valence electrons. The highest BCUT2D eigenvalue weighted by molar-refractivity contribution is 14.1. The van der Waals surface area contributed by atoms with Gasteiger partial charge in [-0.1, -0.05) is 18.2 Å². The number of fused-ring (bicyclic) bond motifs is 1. The normalized spacial score (nSPS) is 11.2. The fraction of sp³-hybridized carbons (Fsp3) is 0.143. The van der Waals surface area contributed by atoms with E-state index in [4.69, 9.17) is 0 Å². The second kappa shape index (κ2) is 8.73. The van der Waals surface area contributed by atoms with Crippen LogP contribution in [0, 0.1) is 21.8 Å². The molecule has 0 fully saturated rings. The molecule has 0 bridgehead atoms. The zero-order chi connectivity index (χ0) is 19.2. The molecular formula is C21H19IN4O. The van der Waals surface area contributed by atoms with E-state index in [0.29, 0.717) is 12.2 Å². The Morgan fingerprint density at radius 3 is 2.89 bits per heavy atom. The number of carbonyl (C=O) groups is 1. The number of hydrogen-bond acceptors (Lipinski definition) is 3. The van der Waals surface area contributed by atoms with Gasteiger partial charge in [0.15, 0.2) is 0 Å². The Kier molecular flexibility index (Phi) is 6.14. The first-order valence-corrected chi connectivity index (χ1v) is 9.62. The molecule has 0 aliphatic heterocycles. The molecule has 0 aliphatic rings. The molecule has 3 N–H and O–H groups in total. The van der Waals surface area contributed by atoms with Gasteiger partial charge in [-0.15, -0.1) is 0 Å². The van der Waals surface area contributed by atoms with Gasteiger partial charge >= 0.3 is 0 Å². The van der Waals surface area contributed by atoms with Gasteiger partial charge in [-0.3, -0.25) is 4.79 Å². The average Bonchev–Trinajstić information content (AvgIpc) is 3.07. The van der Waals surface area contributed by atoms with Crippen molar-refractivity contribution in [1.29, 1.82) is 5.26 Å². The zero-order valence-corrected chi connectivity index (χ0v) is 17.0. The van der Waals surface area contributed by atoms with Gasteiger partial charge in [-0.05, 0) is 71.3 Å². The van der Waals surface area contributed by atoms with Gasteiger partial charge in [0.2, 0.25) is 0 Å². The summed E-state index contributed by atoms with van der Waals surface area (Å²) in [7, 11) is 0. The van der Waals surface area contributed by atoms with Crippen molar-refractivity contribution >= 4 is 45.1 Å². The zero-order valence-electron chi connectivity index (χ0n) is 14.8. The van der Waals surface area contributed by atoms with Crippen molar-refractivity contribution in [3.63, 3.8) is 0 Å². The summed E-state index contributed by atoms with van der Waals surface area (Å²) in [6.07, 6.45) is 4.26. The number of nitrogens with one attached hydrogen (secondary N) is 3. The average molecular weight is 470 g/mol. The number of aryl methyl sites for hydroxylation is 1. The summed E-state index contributed by atoms with van der Waals surface area (Å²) in [6, 6.07) is 15.8. The third-order valence-corrected chi connectivity index (χ3v) is 4.93. The molecule has 0 unspecified atom stereocenters. The van der Waals surface area contributed by atoms with Crippen molar-refractivity contribution in [1.82, 2.24) is 10.3 Å². The molecule has 3 rings (SSSR count). The third kappa shape index (κ3) is 4.68. The lowest BCUT2D eigenvalue weighted by molar-refractivity contribution is -0.112. The number of anilines is 1. The number of amides is 1. The van der Waals surface area contributed by atoms with Crippen LogP contribution in [0.25, 0.3) is 10.9 Å². The van der Waals surface area contributed by atoms with E-state index in [-0.39, 0.29) is 5.57 Å². The van der Waals surface area contributed by atoms with Crippen molar-refractivity contribution in [3.05, 3.63) is 75.1 Å². The third-order valence-electron chi connectivity index (χ3n) is 4.26. The van der Waals surface area contributed by atoms with Crippen LogP contribution >= 0.6 is 22.6 Å². The number of nitrogens with zero attached hydrogens (tertiary/aromatic N) is 1. The molecule has 0 saturated heterocycles. The number of H-pyrrole nitrogens is 1. The molecule has 5 nitrogen and oxygen atoms in total. The second-order valence-electron chi connectivity index (χ2n) is 6.15. The van der Waals surface area contributed by atoms with Crippen LogP contribution in [0.5, 0.6) is 0 Å². The van der Waals surface area contributed by atoms with E-state index in [1.54, 1.807) is 0 Å². The maximum Gasteiger partial charge on any atom is 0.267 e. The lowest BCUT2D eigenvalue weighted by Crippen LogP contribution is -2.18. The molecule has 6 heteroatoms. The number of aromatic amines is 1. The van der Waals surface area contributed by atoms with Crippen LogP contribution in [0.15, 0.2) is 60.4 Å². The molecule has 0 aliphatic carbocycles. The Bertz CT molecular complexity index is 1050. The van der Waals surface area contributed by atoms with Gasteiger partial charge in [0.05, 0.1) is 0 Å². The van der Waals surface area contributed by atoms with Crippen molar-refractivity contribution in [3.8, 4) is 6.07 Å². The van der Waals surface area contributed by atoms with Gasteiger partial charge in [-0.25, -0.2) is 0 Å². The minimum Gasteiger partial charge on any atom is -0.389 e. The summed E-state index contributed by atoms with van der Waals surface area (Å²) in [5.74, 6) is -0.415. The van der Waals surface area contributed by atoms with Crippen LogP contribution < -0.4 is 10.6 Å². The predicted molar refractivity (Wildman–Crippen MR) is 116 cm³/mol. The second-order valence-corrected chi connectivity index (χ2v) is 7.39. The summed E-state index contributed by atoms with van der Waals surface area (Å²) in [5.41, 5.74) is 4.02. The Morgan fingerprint density at radius 2 is 2.11 bits per heavy atom. The molecule has 1 amide bonds. The smallest absolute Gasteiger partial charge is 0.267 e. The van der Waals surface area contributed by atoms with Gasteiger partial charge in [0.25, 0.3) is 5.91 Å². The Balaban J connectivity index is 1.59. The number of halogens is 1. The predicted octanol–water partition coefficient (Wildman–Crippen LogP) is 4.26. The lowest BCUT2D eigenvalue weighted by Gasteiger charge is -2.08. The van der Waals surface area contributed by atoms with Gasteiger partial charge < -0.3 is 15.6 Å². The molecule has 0 saturated carbocycles. The number of nitriles is 1. The molecule has 0 atom stereocenters. The van der Waals surface area contributed by atoms with E-state index in [2.05, 4.69) is 44.3 Å². The number of para-hydroxylation sites is 1. The van der Waals surface area contributed by atoms with Gasteiger partial charge in [0, 0.05) is 39.1 Å². The van der Waals surface area contributed by atoms with E-state index in [1.807, 2.05) is 55.6 Å². The highest BCUT2D eigenvalue weighted by Crippen LogP contribution is 2.19. The van der Waals surface area contributed by atoms with E-state index in [9.17, 15) is 10.1 Å². The number of rotatable bonds is 6. The van der Waals surface area contributed by atoms with Crippen LogP contribution in [0.1, 0.15) is 11.1 Å². The lowest BCUT2D eigenvalue weighted by atomic mass is 10.1. The quantitative estimate of drug-likeness (QED) is 0.218. The number of hydrogen-bond donors (Lipinski definition) is 3. The van der Waals surface area contributed by atoms with E-state index in [1.165, 1.54) is 17.1 Å². The van der Waals surface area contributed by atoms with Crippen LogP contribution in [-0.2, 0) is 11.2 Å². The fourth-order valence-electron chi connectivity index (χ4n) is 2.83. The topological polar surface area (TPSA) is 80.7 Å². The monoisotopic (exact) mass is 470 g/mol. The minimum absolute atomic E-state index is 0.0480. The molecule has 2 aromatic carbocycles. The van der Waals surface area contributed by atoms with E-state index < -0.39 is 5.91 Å². The first-order valence-electron chi connectivity index (χ1n) is 8.54. The van der Waals surface area contributed by atoms with Crippen molar-refractivity contribution in [2.75, 3.05) is 11.9 Å². The van der Waals surface area contributed by atoms with Crippen LogP contribution in [-0.4, -0.2) is 17.4 Å². The van der Waals surface area contributed by atoms with Gasteiger partial charge in [-0.2, -0.15) is 5.26 Å². The van der Waals surface area contributed by atoms with Crippen molar-refractivity contribution in [2.45, 2.75) is 13.3 Å². The Hall–Kier alpha value is -2.79. The molecule has 3 aromatic rings. The molecule has 27 heavy (non-hydrogen) atoms. The molecule has 1 aromatic heterocycles. The molecule has 0 spiro atoms. The van der Waals surface area contributed by atoms with Crippen LogP contribution in [0.4, 0.5) is 5.69 Å². The maximum absolute atomic E-state index is 12.3. The highest BCUT2D eigenvalue weighted by atomic mass is 127. The summed E-state index contributed by atoms with van der Waals surface area (Å²) in [4.78, 5) is 15.6. The van der Waals surface area contributed by atoms with Crippen LogP contribution in [0.3, 0.4) is 0 Å². The SMILES string of the molecule is Cc1cc(I)ccc1NC(=O)/C(C#N)=C\NCCc1c[nH]c2ccccc12. The number of aromatic nitrogens is 1. The Morgan fingerprint density at radius 1 is 1.30 bits per heavy atom. The first-order chi connectivity index (χ1) is 13.1. The standard InChI is InChI=1S/C21H19IN4O/c1-14-10-17(22)6-7-19(14)26-21(27)16(11-23)12-24-9-8-15-13-25-20-5-3-2-4-18(15)20/h2-7,10,12-13,24-25H,8-9H2,1H3,(H,26,27)/b16-12-. The van der Waals surface area contributed by atoms with Gasteiger partial charge in [0.1, 0.15) is 11.6 Å². The maximum atomic E-state index is 12.3.